The monoisotopic (exact) mass is 825 g/mol. The number of aromatic nitrogens is 1. The molecule has 4 atom stereocenters. The first kappa shape index (κ1) is 42.0. The van der Waals surface area contributed by atoms with E-state index >= 15 is 0 Å². The maximum absolute atomic E-state index is 14.0. The number of carbonyl (C=O) groups is 2. The Morgan fingerprint density at radius 2 is 1.70 bits per heavy atom. The number of benzene rings is 3. The minimum Gasteiger partial charge on any atom is -0.619 e. The minimum absolute atomic E-state index is 0.0410. The lowest BCUT2D eigenvalue weighted by Gasteiger charge is -2.37. The number of likely N-dealkylation sites (tertiary alicyclic amines) is 1. The lowest BCUT2D eigenvalue weighted by molar-refractivity contribution is -0.605. The number of hydrogen-bond acceptors (Lipinski definition) is 9. The summed E-state index contributed by atoms with van der Waals surface area (Å²) in [4.78, 5) is 31.9. The van der Waals surface area contributed by atoms with Gasteiger partial charge in [-0.15, -0.1) is 0 Å². The van der Waals surface area contributed by atoms with Gasteiger partial charge in [0, 0.05) is 31.3 Å². The fourth-order valence-electron chi connectivity index (χ4n) is 6.97. The fraction of sp³-hybridized carbons (Fsp3) is 0.419. The number of likely N-dealkylation sites (N-methyl/N-ethyl adjacent to an activating group) is 2. The van der Waals surface area contributed by atoms with E-state index in [1.165, 1.54) is 18.2 Å². The highest BCUT2D eigenvalue weighted by molar-refractivity contribution is 6.35. The van der Waals surface area contributed by atoms with Crippen molar-refractivity contribution < 1.29 is 42.0 Å². The van der Waals surface area contributed by atoms with E-state index in [0.29, 0.717) is 46.2 Å². The predicted molar refractivity (Wildman–Crippen MR) is 213 cm³/mol. The zero-order valence-electron chi connectivity index (χ0n) is 32.1. The van der Waals surface area contributed by atoms with Gasteiger partial charge in [-0.25, -0.2) is 4.79 Å². The summed E-state index contributed by atoms with van der Waals surface area (Å²) >= 11 is 12.9. The number of hydrogen-bond donors (Lipinski definition) is 0. The molecule has 6 rings (SSSR count). The molecule has 14 heteroatoms. The van der Waals surface area contributed by atoms with Crippen molar-refractivity contribution in [3.05, 3.63) is 123 Å². The zero-order valence-corrected chi connectivity index (χ0v) is 33.6. The highest BCUT2D eigenvalue weighted by Gasteiger charge is 2.34. The molecule has 1 saturated heterocycles. The van der Waals surface area contributed by atoms with Crippen LogP contribution in [0, 0.1) is 17.0 Å². The van der Waals surface area contributed by atoms with E-state index in [0.717, 1.165) is 50.3 Å². The first-order chi connectivity index (χ1) is 27.4. The summed E-state index contributed by atoms with van der Waals surface area (Å²) in [7, 11) is 1.82. The standard InChI is InChI=1S/C43H47Cl2F2N3O7/c1-4-49-18-17-27(2)39(25-49)56-42(52)41(30-10-6-5-7-11-30)48(3)32-12-8-9-29(19-32)20-40(51)55-37(22-33-34(44)23-50(53)24-35(33)45)31-15-16-36(57-43(46)47)38(21-31)54-26-28-13-14-28/h5-12,15-16,19,21,23-24,27-28,37,39,41,43H,4,13-14,17-18,20,22,25-26H2,1-3H3/t27?,37-,39-,41?/m0/s1. The number of carbonyl (C=O) groups excluding carboxylic acids is 2. The maximum Gasteiger partial charge on any atom is 0.387 e. The third-order valence-electron chi connectivity index (χ3n) is 10.5. The average Bonchev–Trinajstić information content (AvgIpc) is 4.01. The molecule has 1 aliphatic heterocycles. The highest BCUT2D eigenvalue weighted by atomic mass is 35.5. The molecule has 57 heavy (non-hydrogen) atoms. The lowest BCUT2D eigenvalue weighted by atomic mass is 9.95. The summed E-state index contributed by atoms with van der Waals surface area (Å²) in [5.41, 5.74) is 2.81. The molecule has 2 heterocycles. The number of rotatable bonds is 17. The number of ether oxygens (including phenoxy) is 4. The third kappa shape index (κ3) is 11.3. The topological polar surface area (TPSA) is 104 Å². The molecule has 2 fully saturated rings. The van der Waals surface area contributed by atoms with Crippen LogP contribution in [0.2, 0.25) is 10.0 Å². The molecule has 3 aromatic carbocycles. The van der Waals surface area contributed by atoms with Crippen LogP contribution in [-0.2, 0) is 31.9 Å². The van der Waals surface area contributed by atoms with Crippen LogP contribution in [0.4, 0.5) is 14.5 Å². The number of anilines is 1. The third-order valence-corrected chi connectivity index (χ3v) is 11.2. The van der Waals surface area contributed by atoms with Gasteiger partial charge in [0.05, 0.1) is 13.0 Å². The first-order valence-electron chi connectivity index (χ1n) is 19.2. The van der Waals surface area contributed by atoms with Gasteiger partial charge in [0.1, 0.15) is 22.3 Å². The van der Waals surface area contributed by atoms with E-state index < -0.39 is 24.7 Å². The van der Waals surface area contributed by atoms with Crippen molar-refractivity contribution in [1.82, 2.24) is 4.90 Å². The van der Waals surface area contributed by atoms with Crippen LogP contribution in [0.15, 0.2) is 85.2 Å². The summed E-state index contributed by atoms with van der Waals surface area (Å²) in [6, 6.07) is 20.3. The summed E-state index contributed by atoms with van der Waals surface area (Å²) in [5, 5.41) is 12.1. The van der Waals surface area contributed by atoms with Gasteiger partial charge in [-0.1, -0.05) is 85.6 Å². The molecule has 2 aliphatic rings. The molecular formula is C43H47Cl2F2N3O7. The Kier molecular flexibility index (Phi) is 14.1. The summed E-state index contributed by atoms with van der Waals surface area (Å²) in [6.07, 6.45) is 3.71. The van der Waals surface area contributed by atoms with Crippen LogP contribution in [-0.4, -0.2) is 62.8 Å². The molecule has 304 valence electrons. The highest BCUT2D eigenvalue weighted by Crippen LogP contribution is 2.38. The van der Waals surface area contributed by atoms with Crippen molar-refractivity contribution in [2.45, 2.75) is 70.8 Å². The molecule has 10 nitrogen and oxygen atoms in total. The fourth-order valence-corrected chi connectivity index (χ4v) is 7.57. The quantitative estimate of drug-likeness (QED) is 0.0589. The Bertz CT molecular complexity index is 1980. The Hall–Kier alpha value is -4.65. The Labute approximate surface area is 341 Å². The van der Waals surface area contributed by atoms with Gasteiger partial charge in [0.25, 0.3) is 0 Å². The Morgan fingerprint density at radius 3 is 2.39 bits per heavy atom. The molecule has 1 saturated carbocycles. The van der Waals surface area contributed by atoms with Gasteiger partial charge in [-0.2, -0.15) is 13.5 Å². The largest absolute Gasteiger partial charge is 0.619 e. The van der Waals surface area contributed by atoms with E-state index in [9.17, 15) is 23.6 Å². The second-order valence-electron chi connectivity index (χ2n) is 14.7. The van der Waals surface area contributed by atoms with Crippen LogP contribution in [0.25, 0.3) is 0 Å². The summed E-state index contributed by atoms with van der Waals surface area (Å²) in [6.45, 7) is 3.98. The van der Waals surface area contributed by atoms with Crippen LogP contribution >= 0.6 is 23.2 Å². The van der Waals surface area contributed by atoms with E-state index in [1.807, 2.05) is 54.4 Å². The molecule has 1 aliphatic carbocycles. The molecule has 0 N–H and O–H groups in total. The van der Waals surface area contributed by atoms with Crippen LogP contribution < -0.4 is 19.1 Å². The number of nitrogens with zero attached hydrogens (tertiary/aromatic N) is 3. The van der Waals surface area contributed by atoms with E-state index in [-0.39, 0.29) is 52.4 Å². The molecule has 0 amide bonds. The smallest absolute Gasteiger partial charge is 0.387 e. The van der Waals surface area contributed by atoms with Crippen molar-refractivity contribution in [1.29, 1.82) is 0 Å². The van der Waals surface area contributed by atoms with Gasteiger partial charge >= 0.3 is 18.6 Å². The Balaban J connectivity index is 1.24. The van der Waals surface area contributed by atoms with Gasteiger partial charge in [-0.05, 0) is 85.1 Å². The van der Waals surface area contributed by atoms with E-state index in [2.05, 4.69) is 18.7 Å². The van der Waals surface area contributed by atoms with Gasteiger partial charge < -0.3 is 29.1 Å². The molecule has 0 radical (unpaired) electrons. The maximum atomic E-state index is 14.0. The second-order valence-corrected chi connectivity index (χ2v) is 15.5. The van der Waals surface area contributed by atoms with Crippen LogP contribution in [0.1, 0.15) is 67.5 Å². The molecular weight excluding hydrogens is 779 g/mol. The molecule has 1 aromatic heterocycles. The van der Waals surface area contributed by atoms with Crippen LogP contribution in [0.3, 0.4) is 0 Å². The molecule has 0 spiro atoms. The number of alkyl halides is 2. The van der Waals surface area contributed by atoms with Crippen molar-refractivity contribution in [2.75, 3.05) is 38.2 Å². The molecule has 0 bridgehead atoms. The van der Waals surface area contributed by atoms with Gasteiger partial charge in [0.15, 0.2) is 29.9 Å². The van der Waals surface area contributed by atoms with Gasteiger partial charge in [0.2, 0.25) is 0 Å². The minimum atomic E-state index is -3.08. The van der Waals surface area contributed by atoms with Crippen molar-refractivity contribution in [3.63, 3.8) is 0 Å². The number of pyridine rings is 1. The zero-order chi connectivity index (χ0) is 40.6. The van der Waals surface area contributed by atoms with Crippen molar-refractivity contribution in [3.8, 4) is 11.5 Å². The van der Waals surface area contributed by atoms with Crippen molar-refractivity contribution >= 4 is 40.8 Å². The van der Waals surface area contributed by atoms with Gasteiger partial charge in [-0.3, -0.25) is 9.69 Å². The number of halogens is 4. The average molecular weight is 827 g/mol. The first-order valence-corrected chi connectivity index (χ1v) is 19.9. The summed E-state index contributed by atoms with van der Waals surface area (Å²) in [5.74, 6) is -0.514. The second kappa shape index (κ2) is 19.2. The SMILES string of the molecule is CCN1CCC(C)[C@@H](OC(=O)C(c2ccccc2)N(C)c2cccc(CC(=O)O[C@@H](Cc3c(Cl)c[n+]([O-])cc3Cl)c3ccc(OC(F)F)c(OCC4CC4)c3)c2)C1. The number of esters is 2. The molecule has 4 aromatic rings. The number of piperidine rings is 1. The van der Waals surface area contributed by atoms with E-state index in [1.54, 1.807) is 12.1 Å². The predicted octanol–water partition coefficient (Wildman–Crippen LogP) is 8.54. The molecule has 2 unspecified atom stereocenters. The van der Waals surface area contributed by atoms with Crippen molar-refractivity contribution in [2.24, 2.45) is 11.8 Å². The lowest BCUT2D eigenvalue weighted by Crippen LogP contribution is -2.46. The normalized spacial score (nSPS) is 18.1. The van der Waals surface area contributed by atoms with Crippen LogP contribution in [0.5, 0.6) is 11.5 Å². The summed E-state index contributed by atoms with van der Waals surface area (Å²) < 4.78 is 50.0. The Morgan fingerprint density at radius 1 is 0.965 bits per heavy atom. The van der Waals surface area contributed by atoms with E-state index in [4.69, 9.17) is 42.1 Å².